The second-order valence-electron chi connectivity index (χ2n) is 3.79. The molecule has 0 aliphatic carbocycles. The topological polar surface area (TPSA) is 115 Å². The van der Waals surface area contributed by atoms with E-state index in [4.69, 9.17) is 14.0 Å². The van der Waals surface area contributed by atoms with Crippen LogP contribution in [0.15, 0.2) is 33.4 Å². The normalized spacial score (nSPS) is 11.9. The number of aliphatic hydroxyl groups is 1. The molecular weight excluding hydrogens is 268 g/mol. The first kappa shape index (κ1) is 13.8. The molecule has 0 fully saturated rings. The molecule has 2 rings (SSSR count). The van der Waals surface area contributed by atoms with Crippen molar-refractivity contribution in [2.24, 2.45) is 0 Å². The average Bonchev–Trinajstić information content (AvgIpc) is 3.13. The van der Waals surface area contributed by atoms with Gasteiger partial charge in [-0.05, 0) is 12.1 Å². The van der Waals surface area contributed by atoms with Gasteiger partial charge in [-0.15, -0.1) is 0 Å². The maximum absolute atomic E-state index is 11.8. The minimum absolute atomic E-state index is 0.0428. The molecule has 1 unspecified atom stereocenters. The summed E-state index contributed by atoms with van der Waals surface area (Å²) >= 11 is 0. The minimum atomic E-state index is -1.16. The van der Waals surface area contributed by atoms with Crippen LogP contribution in [0.5, 0.6) is 0 Å². The number of nitrogens with one attached hydrogen (secondary N) is 1. The van der Waals surface area contributed by atoms with Gasteiger partial charge in [0.2, 0.25) is 5.76 Å². The zero-order valence-corrected chi connectivity index (χ0v) is 10.5. The zero-order valence-electron chi connectivity index (χ0n) is 10.5. The SMILES string of the molecule is COC(=O)C(CO)NC(=O)c1cc(-c2ccco2)on1. The number of methoxy groups -OCH3 is 1. The number of aliphatic hydroxyl groups excluding tert-OH is 1. The van der Waals surface area contributed by atoms with Crippen molar-refractivity contribution >= 4 is 11.9 Å². The van der Waals surface area contributed by atoms with Crippen LogP contribution in [0.4, 0.5) is 0 Å². The monoisotopic (exact) mass is 280 g/mol. The Morgan fingerprint density at radius 1 is 1.50 bits per heavy atom. The molecule has 106 valence electrons. The van der Waals surface area contributed by atoms with Crippen LogP contribution in [0.25, 0.3) is 11.5 Å². The molecular formula is C12H12N2O6. The third kappa shape index (κ3) is 2.86. The van der Waals surface area contributed by atoms with Gasteiger partial charge in [0.15, 0.2) is 17.5 Å². The summed E-state index contributed by atoms with van der Waals surface area (Å²) in [7, 11) is 1.16. The van der Waals surface area contributed by atoms with Gasteiger partial charge < -0.3 is 24.1 Å². The van der Waals surface area contributed by atoms with Crippen LogP contribution in [-0.2, 0) is 9.53 Å². The number of hydrogen-bond donors (Lipinski definition) is 2. The number of hydrogen-bond acceptors (Lipinski definition) is 7. The lowest BCUT2D eigenvalue weighted by Gasteiger charge is -2.12. The van der Waals surface area contributed by atoms with Gasteiger partial charge in [0, 0.05) is 6.07 Å². The summed E-state index contributed by atoms with van der Waals surface area (Å²) in [5.41, 5.74) is -0.0428. The molecule has 0 bridgehead atoms. The molecule has 0 aromatic carbocycles. The van der Waals surface area contributed by atoms with Crippen LogP contribution in [-0.4, -0.2) is 41.9 Å². The lowest BCUT2D eigenvalue weighted by molar-refractivity contribution is -0.143. The van der Waals surface area contributed by atoms with E-state index in [2.05, 4.69) is 15.2 Å². The van der Waals surface area contributed by atoms with Crippen molar-refractivity contribution < 1.29 is 28.4 Å². The van der Waals surface area contributed by atoms with Crippen molar-refractivity contribution in [1.29, 1.82) is 0 Å². The highest BCUT2D eigenvalue weighted by atomic mass is 16.5. The first-order valence-corrected chi connectivity index (χ1v) is 5.66. The van der Waals surface area contributed by atoms with Crippen LogP contribution >= 0.6 is 0 Å². The van der Waals surface area contributed by atoms with Crippen molar-refractivity contribution in [2.45, 2.75) is 6.04 Å². The molecule has 0 aliphatic heterocycles. The summed E-state index contributed by atoms with van der Waals surface area (Å²) < 4.78 is 14.5. The van der Waals surface area contributed by atoms with Gasteiger partial charge in [-0.25, -0.2) is 4.79 Å². The molecule has 2 heterocycles. The van der Waals surface area contributed by atoms with Crippen molar-refractivity contribution in [3.63, 3.8) is 0 Å². The predicted octanol–water partition coefficient (Wildman–Crippen LogP) is 0.198. The quantitative estimate of drug-likeness (QED) is 0.751. The average molecular weight is 280 g/mol. The van der Waals surface area contributed by atoms with E-state index in [1.807, 2.05) is 0 Å². The molecule has 2 N–H and O–H groups in total. The fraction of sp³-hybridized carbons (Fsp3) is 0.250. The van der Waals surface area contributed by atoms with Gasteiger partial charge in [-0.1, -0.05) is 5.16 Å². The molecule has 2 aromatic heterocycles. The Morgan fingerprint density at radius 3 is 2.90 bits per heavy atom. The predicted molar refractivity (Wildman–Crippen MR) is 64.6 cm³/mol. The van der Waals surface area contributed by atoms with Gasteiger partial charge in [0.05, 0.1) is 20.0 Å². The van der Waals surface area contributed by atoms with Crippen molar-refractivity contribution in [3.8, 4) is 11.5 Å². The summed E-state index contributed by atoms with van der Waals surface area (Å²) in [6.07, 6.45) is 1.46. The number of carbonyl (C=O) groups is 2. The maximum atomic E-state index is 11.8. The number of furan rings is 1. The van der Waals surface area contributed by atoms with Crippen molar-refractivity contribution in [3.05, 3.63) is 30.2 Å². The smallest absolute Gasteiger partial charge is 0.330 e. The number of esters is 1. The number of carbonyl (C=O) groups excluding carboxylic acids is 2. The van der Waals surface area contributed by atoms with Crippen LogP contribution in [0.1, 0.15) is 10.5 Å². The Hall–Kier alpha value is -2.61. The first-order valence-electron chi connectivity index (χ1n) is 5.66. The Morgan fingerprint density at radius 2 is 2.30 bits per heavy atom. The number of ether oxygens (including phenoxy) is 1. The summed E-state index contributed by atoms with van der Waals surface area (Å²) in [6, 6.07) is 3.51. The first-order chi connectivity index (χ1) is 9.65. The van der Waals surface area contributed by atoms with Crippen LogP contribution in [0.2, 0.25) is 0 Å². The molecule has 0 saturated heterocycles. The van der Waals surface area contributed by atoms with Crippen LogP contribution < -0.4 is 5.32 Å². The number of aromatic nitrogens is 1. The highest BCUT2D eigenvalue weighted by Gasteiger charge is 2.23. The molecule has 0 radical (unpaired) electrons. The number of nitrogens with zero attached hydrogens (tertiary/aromatic N) is 1. The summed E-state index contributed by atoms with van der Waals surface area (Å²) in [5.74, 6) is -0.728. The lowest BCUT2D eigenvalue weighted by atomic mass is 10.2. The van der Waals surface area contributed by atoms with Gasteiger partial charge in [0.25, 0.3) is 5.91 Å². The Bertz CT molecular complexity index is 589. The fourth-order valence-corrected chi connectivity index (χ4v) is 1.47. The summed E-state index contributed by atoms with van der Waals surface area (Å²) in [4.78, 5) is 23.1. The highest BCUT2D eigenvalue weighted by molar-refractivity contribution is 5.95. The van der Waals surface area contributed by atoms with E-state index < -0.39 is 24.5 Å². The van der Waals surface area contributed by atoms with Crippen molar-refractivity contribution in [2.75, 3.05) is 13.7 Å². The third-order valence-electron chi connectivity index (χ3n) is 2.48. The van der Waals surface area contributed by atoms with Gasteiger partial charge in [-0.2, -0.15) is 0 Å². The Labute approximate surface area is 113 Å². The van der Waals surface area contributed by atoms with E-state index in [0.29, 0.717) is 5.76 Å². The van der Waals surface area contributed by atoms with Gasteiger partial charge in [0.1, 0.15) is 0 Å². The molecule has 1 amide bonds. The summed E-state index contributed by atoms with van der Waals surface area (Å²) in [5, 5.41) is 14.8. The van der Waals surface area contributed by atoms with Crippen molar-refractivity contribution in [1.82, 2.24) is 10.5 Å². The van der Waals surface area contributed by atoms with Crippen LogP contribution in [0, 0.1) is 0 Å². The van der Waals surface area contributed by atoms with E-state index in [1.165, 1.54) is 12.3 Å². The standard InChI is InChI=1S/C12H12N2O6/c1-18-12(17)8(6-15)13-11(16)7-5-10(20-14-7)9-3-2-4-19-9/h2-5,8,15H,6H2,1H3,(H,13,16). The third-order valence-corrected chi connectivity index (χ3v) is 2.48. The van der Waals surface area contributed by atoms with E-state index in [0.717, 1.165) is 7.11 Å². The number of rotatable bonds is 5. The van der Waals surface area contributed by atoms with E-state index in [1.54, 1.807) is 12.1 Å². The Kier molecular flexibility index (Phi) is 4.16. The Balaban J connectivity index is 2.08. The second-order valence-corrected chi connectivity index (χ2v) is 3.79. The molecule has 20 heavy (non-hydrogen) atoms. The zero-order chi connectivity index (χ0) is 14.5. The number of amides is 1. The van der Waals surface area contributed by atoms with E-state index >= 15 is 0 Å². The molecule has 0 aliphatic rings. The molecule has 2 aromatic rings. The van der Waals surface area contributed by atoms with Gasteiger partial charge >= 0.3 is 5.97 Å². The highest BCUT2D eigenvalue weighted by Crippen LogP contribution is 2.20. The fourth-order valence-electron chi connectivity index (χ4n) is 1.47. The largest absolute Gasteiger partial charge is 0.467 e. The lowest BCUT2D eigenvalue weighted by Crippen LogP contribution is -2.44. The molecule has 0 saturated carbocycles. The van der Waals surface area contributed by atoms with E-state index in [9.17, 15) is 9.59 Å². The molecule has 0 spiro atoms. The van der Waals surface area contributed by atoms with Gasteiger partial charge in [-0.3, -0.25) is 4.79 Å². The molecule has 8 heteroatoms. The van der Waals surface area contributed by atoms with E-state index in [-0.39, 0.29) is 11.5 Å². The maximum Gasteiger partial charge on any atom is 0.330 e. The van der Waals surface area contributed by atoms with Crippen LogP contribution in [0.3, 0.4) is 0 Å². The minimum Gasteiger partial charge on any atom is -0.467 e. The molecule has 1 atom stereocenters. The molecule has 8 nitrogen and oxygen atoms in total. The summed E-state index contributed by atoms with van der Waals surface area (Å²) in [6.45, 7) is -0.582. The second kappa shape index (κ2) is 6.02.